The van der Waals surface area contributed by atoms with Crippen molar-refractivity contribution in [1.29, 1.82) is 0 Å². The Labute approximate surface area is 305 Å². The van der Waals surface area contributed by atoms with Crippen molar-refractivity contribution in [2.24, 2.45) is 5.92 Å². The number of nitrogens with zero attached hydrogens (tertiary/aromatic N) is 3. The molecule has 3 amide bonds. The van der Waals surface area contributed by atoms with Gasteiger partial charge in [0, 0.05) is 29.8 Å². The standard InChI is InChI=1S/C35H39ClN4O10S/c1-6-7-27(20-8-10-25(34(42)43)28(14-20)40(45)46)37-35(44)39-19-32(51)38(18-26-30(49-4)15-24(47-2)16-31(26)50-5)17-22(33(39)41)12-21-13-23(36)9-11-29(21)48-3/h8-11,13-16,22,27H,6-7,12,17-19H2,1-5H3,(H,37,44)(H,42,43)/t22-,27+/m0/s1. The van der Waals surface area contributed by atoms with Crippen molar-refractivity contribution in [1.82, 2.24) is 15.1 Å². The molecule has 2 N–H and O–H groups in total. The quantitative estimate of drug-likeness (QED) is 0.111. The second kappa shape index (κ2) is 17.2. The summed E-state index contributed by atoms with van der Waals surface area (Å²) in [5.74, 6) is -0.830. The Morgan fingerprint density at radius 1 is 1.04 bits per heavy atom. The van der Waals surface area contributed by atoms with E-state index < -0.39 is 46.0 Å². The topological polar surface area (TPSA) is 170 Å². The molecule has 0 bridgehead atoms. The number of nitro groups is 1. The van der Waals surface area contributed by atoms with Crippen molar-refractivity contribution in [3.8, 4) is 23.0 Å². The Hall–Kier alpha value is -5.15. The monoisotopic (exact) mass is 742 g/mol. The number of ether oxygens (including phenoxy) is 4. The van der Waals surface area contributed by atoms with E-state index in [2.05, 4.69) is 5.32 Å². The first-order chi connectivity index (χ1) is 24.3. The van der Waals surface area contributed by atoms with Gasteiger partial charge in [-0.3, -0.25) is 19.8 Å². The van der Waals surface area contributed by atoms with Crippen LogP contribution >= 0.6 is 23.8 Å². The molecule has 51 heavy (non-hydrogen) atoms. The number of halogens is 1. The molecule has 2 atom stereocenters. The van der Waals surface area contributed by atoms with Crippen molar-refractivity contribution in [2.75, 3.05) is 41.5 Å². The Balaban J connectivity index is 1.74. The molecule has 16 heteroatoms. The molecule has 1 aliphatic rings. The van der Waals surface area contributed by atoms with Gasteiger partial charge in [0.2, 0.25) is 5.91 Å². The molecule has 0 radical (unpaired) electrons. The molecule has 0 aliphatic carbocycles. The molecule has 1 aliphatic heterocycles. The fourth-order valence-electron chi connectivity index (χ4n) is 5.99. The first-order valence-corrected chi connectivity index (χ1v) is 16.7. The summed E-state index contributed by atoms with van der Waals surface area (Å²) >= 11 is 12.2. The lowest BCUT2D eigenvalue weighted by Crippen LogP contribution is -2.48. The fraction of sp³-hybridized carbons (Fsp3) is 0.371. The molecule has 0 spiro atoms. The van der Waals surface area contributed by atoms with Gasteiger partial charge in [0.1, 0.15) is 28.6 Å². The Kier molecular flexibility index (Phi) is 13.0. The van der Waals surface area contributed by atoms with Crippen molar-refractivity contribution >= 4 is 52.4 Å². The predicted octanol–water partition coefficient (Wildman–Crippen LogP) is 6.06. The zero-order valence-corrected chi connectivity index (χ0v) is 30.3. The van der Waals surface area contributed by atoms with Gasteiger partial charge >= 0.3 is 12.0 Å². The number of carbonyl (C=O) groups is 3. The van der Waals surface area contributed by atoms with E-state index in [4.69, 9.17) is 42.8 Å². The Morgan fingerprint density at radius 3 is 2.27 bits per heavy atom. The van der Waals surface area contributed by atoms with Crippen LogP contribution in [-0.4, -0.2) is 84.3 Å². The first kappa shape index (κ1) is 38.6. The first-order valence-electron chi connectivity index (χ1n) is 15.9. The largest absolute Gasteiger partial charge is 0.496 e. The van der Waals surface area contributed by atoms with Crippen molar-refractivity contribution in [3.05, 3.63) is 85.9 Å². The SMILES string of the molecule is CCC[C@@H](NC(=O)N1CC(=S)N(Cc2c(OC)cc(OC)cc2OC)C[C@H](Cc2cc(Cl)ccc2OC)C1=O)c1ccc(C(=O)O)c([N+](=O)[O-])c1. The minimum atomic E-state index is -1.45. The summed E-state index contributed by atoms with van der Waals surface area (Å²) < 4.78 is 22.3. The maximum atomic E-state index is 14.4. The lowest BCUT2D eigenvalue weighted by Gasteiger charge is -2.27. The molecule has 0 saturated carbocycles. The number of carbonyl (C=O) groups excluding carboxylic acids is 2. The number of carboxylic acids is 1. The number of nitro benzene ring substituents is 1. The summed E-state index contributed by atoms with van der Waals surface area (Å²) in [6.07, 6.45) is 1.04. The molecule has 14 nitrogen and oxygen atoms in total. The third-order valence-electron chi connectivity index (χ3n) is 8.55. The lowest BCUT2D eigenvalue weighted by molar-refractivity contribution is -0.385. The summed E-state index contributed by atoms with van der Waals surface area (Å²) in [6.45, 7) is 1.89. The zero-order chi connectivity index (χ0) is 37.4. The van der Waals surface area contributed by atoms with Gasteiger partial charge in [0.05, 0.1) is 69.0 Å². The van der Waals surface area contributed by atoms with Crippen LogP contribution in [0, 0.1) is 16.0 Å². The summed E-state index contributed by atoms with van der Waals surface area (Å²) in [7, 11) is 6.05. The normalized spacial score (nSPS) is 15.1. The maximum Gasteiger partial charge on any atom is 0.342 e. The summed E-state index contributed by atoms with van der Waals surface area (Å²) in [4.78, 5) is 54.1. The van der Waals surface area contributed by atoms with Gasteiger partial charge < -0.3 is 34.3 Å². The van der Waals surface area contributed by atoms with Crippen LogP contribution in [0.15, 0.2) is 48.5 Å². The molecule has 1 saturated heterocycles. The number of hydrogen-bond acceptors (Lipinski definition) is 10. The number of thiocarbonyl (C=S) groups is 1. The number of rotatable bonds is 14. The molecule has 4 rings (SSSR count). The van der Waals surface area contributed by atoms with Crippen LogP contribution in [-0.2, 0) is 17.8 Å². The Morgan fingerprint density at radius 2 is 1.71 bits per heavy atom. The second-order valence-corrected chi connectivity index (χ2v) is 12.6. The van der Waals surface area contributed by atoms with Gasteiger partial charge in [-0.05, 0) is 48.2 Å². The summed E-state index contributed by atoms with van der Waals surface area (Å²) in [6, 6.07) is 10.6. The molecule has 272 valence electrons. The van der Waals surface area contributed by atoms with Gasteiger partial charge in [0.15, 0.2) is 0 Å². The van der Waals surface area contributed by atoms with E-state index in [1.54, 1.807) is 30.3 Å². The number of nitrogens with one attached hydrogen (secondary N) is 1. The van der Waals surface area contributed by atoms with Gasteiger partial charge in [-0.1, -0.05) is 43.2 Å². The summed E-state index contributed by atoms with van der Waals surface area (Å²) in [5, 5.41) is 24.4. The molecule has 0 aromatic heterocycles. The van der Waals surface area contributed by atoms with E-state index in [1.165, 1.54) is 34.5 Å². The number of carboxylic acid groups (broad SMARTS) is 1. The lowest BCUT2D eigenvalue weighted by atomic mass is 9.96. The number of amides is 3. The van der Waals surface area contributed by atoms with E-state index in [9.17, 15) is 29.6 Å². The van der Waals surface area contributed by atoms with Gasteiger partial charge in [-0.2, -0.15) is 0 Å². The van der Waals surface area contributed by atoms with Crippen molar-refractivity contribution < 1.29 is 43.4 Å². The van der Waals surface area contributed by atoms with Crippen LogP contribution in [0.25, 0.3) is 0 Å². The van der Waals surface area contributed by atoms with Crippen molar-refractivity contribution in [3.63, 3.8) is 0 Å². The molecular formula is C35H39ClN4O10S. The number of aromatic carboxylic acids is 1. The van der Waals surface area contributed by atoms with E-state index >= 15 is 0 Å². The number of benzene rings is 3. The minimum absolute atomic E-state index is 0.108. The highest BCUT2D eigenvalue weighted by atomic mass is 35.5. The third kappa shape index (κ3) is 8.96. The molecule has 0 unspecified atom stereocenters. The average molecular weight is 743 g/mol. The molecule has 3 aromatic carbocycles. The van der Waals surface area contributed by atoms with Crippen LogP contribution in [0.2, 0.25) is 5.02 Å². The van der Waals surface area contributed by atoms with Gasteiger partial charge in [-0.15, -0.1) is 0 Å². The number of imide groups is 1. The average Bonchev–Trinajstić information content (AvgIpc) is 3.22. The number of urea groups is 1. The highest BCUT2D eigenvalue weighted by Gasteiger charge is 2.38. The molecule has 1 fully saturated rings. The fourth-order valence-corrected chi connectivity index (χ4v) is 6.45. The van der Waals surface area contributed by atoms with E-state index in [1.807, 2.05) is 11.8 Å². The predicted molar refractivity (Wildman–Crippen MR) is 192 cm³/mol. The van der Waals surface area contributed by atoms with E-state index in [0.29, 0.717) is 57.6 Å². The highest BCUT2D eigenvalue weighted by molar-refractivity contribution is 7.80. The second-order valence-electron chi connectivity index (χ2n) is 11.7. The van der Waals surface area contributed by atoms with E-state index in [-0.39, 0.29) is 31.0 Å². The minimum Gasteiger partial charge on any atom is -0.496 e. The Bertz CT molecular complexity index is 1800. The van der Waals surface area contributed by atoms with Crippen LogP contribution in [0.1, 0.15) is 52.9 Å². The molecular weight excluding hydrogens is 704 g/mol. The summed E-state index contributed by atoms with van der Waals surface area (Å²) in [5.41, 5.74) is 0.501. The van der Waals surface area contributed by atoms with E-state index in [0.717, 1.165) is 17.0 Å². The highest BCUT2D eigenvalue weighted by Crippen LogP contribution is 2.36. The zero-order valence-electron chi connectivity index (χ0n) is 28.8. The van der Waals surface area contributed by atoms with Gasteiger partial charge in [0.25, 0.3) is 5.69 Å². The number of hydrogen-bond donors (Lipinski definition) is 2. The van der Waals surface area contributed by atoms with Crippen LogP contribution in [0.5, 0.6) is 23.0 Å². The third-order valence-corrected chi connectivity index (χ3v) is 9.17. The smallest absolute Gasteiger partial charge is 0.342 e. The van der Waals surface area contributed by atoms with Crippen LogP contribution in [0.3, 0.4) is 0 Å². The van der Waals surface area contributed by atoms with Gasteiger partial charge in [-0.25, -0.2) is 9.59 Å². The molecule has 1 heterocycles. The molecule has 3 aromatic rings. The maximum absolute atomic E-state index is 14.4. The van der Waals surface area contributed by atoms with Crippen molar-refractivity contribution in [2.45, 2.75) is 38.8 Å². The van der Waals surface area contributed by atoms with Crippen LogP contribution in [0.4, 0.5) is 10.5 Å². The van der Waals surface area contributed by atoms with Crippen LogP contribution < -0.4 is 24.3 Å². The number of methoxy groups -OCH3 is 4.